The van der Waals surface area contributed by atoms with Crippen molar-refractivity contribution in [1.29, 1.82) is 0 Å². The first-order valence-electron chi connectivity index (χ1n) is 9.25. The summed E-state index contributed by atoms with van der Waals surface area (Å²) in [5, 5.41) is 10.3. The molecule has 3 rings (SSSR count). The molecule has 1 saturated heterocycles. The maximum Gasteiger partial charge on any atom is 0.256 e. The molecule has 1 aliphatic rings. The van der Waals surface area contributed by atoms with Crippen molar-refractivity contribution in [2.45, 2.75) is 39.2 Å². The van der Waals surface area contributed by atoms with E-state index in [1.165, 1.54) is 0 Å². The highest BCUT2D eigenvalue weighted by Gasteiger charge is 2.28. The molecule has 138 valence electrons. The molecular weight excluding hydrogens is 328 g/mol. The van der Waals surface area contributed by atoms with Gasteiger partial charge in [0.15, 0.2) is 5.82 Å². The zero-order chi connectivity index (χ0) is 18.5. The molecule has 0 aliphatic carbocycles. The highest BCUT2D eigenvalue weighted by Crippen LogP contribution is 2.25. The van der Waals surface area contributed by atoms with Crippen molar-refractivity contribution in [3.05, 3.63) is 42.4 Å². The highest BCUT2D eigenvalue weighted by molar-refractivity contribution is 5.93. The third kappa shape index (κ3) is 4.43. The van der Waals surface area contributed by atoms with E-state index in [0.29, 0.717) is 36.1 Å². The zero-order valence-corrected chi connectivity index (χ0v) is 15.4. The Morgan fingerprint density at radius 1 is 1.19 bits per heavy atom. The second kappa shape index (κ2) is 8.36. The molecule has 0 radical (unpaired) electrons. The topological polar surface area (TPSA) is 79.2 Å². The number of rotatable bonds is 5. The molecule has 1 fully saturated rings. The largest absolute Gasteiger partial charge is 0.393 e. The zero-order valence-electron chi connectivity index (χ0n) is 15.4. The second-order valence-electron chi connectivity index (χ2n) is 7.34. The fraction of sp³-hybridized carbons (Fsp3) is 0.500. The smallest absolute Gasteiger partial charge is 0.256 e. The molecule has 0 aromatic carbocycles. The van der Waals surface area contributed by atoms with Gasteiger partial charge in [0.1, 0.15) is 5.69 Å². The molecule has 2 aromatic rings. The quantitative estimate of drug-likeness (QED) is 0.893. The Hall–Kier alpha value is -2.34. The first kappa shape index (κ1) is 18.5. The number of carbonyl (C=O) groups excluding carboxylic acids is 1. The minimum Gasteiger partial charge on any atom is -0.393 e. The number of hydrogen-bond donors (Lipinski definition) is 1. The number of amides is 1. The minimum atomic E-state index is -0.270. The molecule has 1 aliphatic heterocycles. The van der Waals surface area contributed by atoms with Crippen molar-refractivity contribution in [2.75, 3.05) is 13.1 Å². The van der Waals surface area contributed by atoms with E-state index < -0.39 is 0 Å². The van der Waals surface area contributed by atoms with Crippen LogP contribution in [0.2, 0.25) is 0 Å². The fourth-order valence-electron chi connectivity index (χ4n) is 3.41. The predicted octanol–water partition coefficient (Wildman–Crippen LogP) is 2.80. The third-order valence-corrected chi connectivity index (χ3v) is 4.88. The van der Waals surface area contributed by atoms with E-state index in [1.54, 1.807) is 18.6 Å². The lowest BCUT2D eigenvalue weighted by Gasteiger charge is -2.34. The van der Waals surface area contributed by atoms with Crippen LogP contribution in [0.5, 0.6) is 0 Å². The maximum absolute atomic E-state index is 12.7. The molecule has 1 amide bonds. The highest BCUT2D eigenvalue weighted by atomic mass is 16.3. The van der Waals surface area contributed by atoms with Crippen molar-refractivity contribution < 1.29 is 9.90 Å². The summed E-state index contributed by atoms with van der Waals surface area (Å²) in [4.78, 5) is 27.3. The number of likely N-dealkylation sites (tertiary alicyclic amines) is 1. The summed E-state index contributed by atoms with van der Waals surface area (Å²) < 4.78 is 0. The maximum atomic E-state index is 12.7. The van der Waals surface area contributed by atoms with E-state index in [9.17, 15) is 9.90 Å². The minimum absolute atomic E-state index is 0.0469. The Bertz CT molecular complexity index is 710. The lowest BCUT2D eigenvalue weighted by Crippen LogP contribution is -2.41. The Morgan fingerprint density at radius 3 is 2.46 bits per heavy atom. The average Bonchev–Trinajstić information content (AvgIpc) is 2.68. The molecular formula is C20H26N4O2. The number of aliphatic hydroxyl groups excluding tert-OH is 1. The van der Waals surface area contributed by atoms with E-state index in [4.69, 9.17) is 0 Å². The molecule has 6 nitrogen and oxygen atoms in total. The van der Waals surface area contributed by atoms with Crippen LogP contribution in [0.1, 0.15) is 43.5 Å². The average molecular weight is 354 g/mol. The molecule has 26 heavy (non-hydrogen) atoms. The summed E-state index contributed by atoms with van der Waals surface area (Å²) in [6.07, 6.45) is 7.06. The van der Waals surface area contributed by atoms with Crippen LogP contribution in [-0.2, 0) is 0 Å². The number of piperidine rings is 1. The Kier molecular flexibility index (Phi) is 5.93. The first-order chi connectivity index (χ1) is 12.5. The van der Waals surface area contributed by atoms with E-state index in [0.717, 1.165) is 19.3 Å². The molecule has 3 heterocycles. The molecule has 6 heteroatoms. The van der Waals surface area contributed by atoms with Gasteiger partial charge in [-0.25, -0.2) is 9.97 Å². The fourth-order valence-corrected chi connectivity index (χ4v) is 3.41. The molecule has 0 saturated carbocycles. The summed E-state index contributed by atoms with van der Waals surface area (Å²) in [7, 11) is 0. The van der Waals surface area contributed by atoms with Crippen molar-refractivity contribution in [1.82, 2.24) is 19.9 Å². The van der Waals surface area contributed by atoms with Crippen LogP contribution in [0.4, 0.5) is 0 Å². The van der Waals surface area contributed by atoms with Gasteiger partial charge in [-0.2, -0.15) is 0 Å². The van der Waals surface area contributed by atoms with Crippen LogP contribution in [0.3, 0.4) is 0 Å². The van der Waals surface area contributed by atoms with Gasteiger partial charge in [0.05, 0.1) is 11.7 Å². The van der Waals surface area contributed by atoms with E-state index in [2.05, 4.69) is 28.8 Å². The van der Waals surface area contributed by atoms with E-state index in [-0.39, 0.29) is 17.9 Å². The Morgan fingerprint density at radius 2 is 1.88 bits per heavy atom. The van der Waals surface area contributed by atoms with Crippen molar-refractivity contribution in [3.8, 4) is 11.5 Å². The molecule has 0 spiro atoms. The van der Waals surface area contributed by atoms with Gasteiger partial charge in [-0.1, -0.05) is 19.9 Å². The van der Waals surface area contributed by atoms with Crippen LogP contribution in [-0.4, -0.2) is 50.1 Å². The number of hydrogen-bond acceptors (Lipinski definition) is 5. The van der Waals surface area contributed by atoms with Gasteiger partial charge < -0.3 is 10.0 Å². The summed E-state index contributed by atoms with van der Waals surface area (Å²) in [6, 6.07) is 5.55. The number of nitrogens with zero attached hydrogens (tertiary/aromatic N) is 4. The normalized spacial score (nSPS) is 16.7. The van der Waals surface area contributed by atoms with Crippen LogP contribution in [0, 0.1) is 11.8 Å². The number of pyridine rings is 1. The van der Waals surface area contributed by atoms with Gasteiger partial charge in [0, 0.05) is 31.7 Å². The molecule has 1 N–H and O–H groups in total. The van der Waals surface area contributed by atoms with Crippen LogP contribution >= 0.6 is 0 Å². The van der Waals surface area contributed by atoms with E-state index >= 15 is 0 Å². The van der Waals surface area contributed by atoms with Gasteiger partial charge >= 0.3 is 0 Å². The number of aliphatic hydroxyl groups is 1. The van der Waals surface area contributed by atoms with Crippen molar-refractivity contribution in [2.24, 2.45) is 11.8 Å². The van der Waals surface area contributed by atoms with Crippen molar-refractivity contribution >= 4 is 5.91 Å². The monoisotopic (exact) mass is 354 g/mol. The molecule has 0 bridgehead atoms. The van der Waals surface area contributed by atoms with Gasteiger partial charge in [-0.05, 0) is 43.2 Å². The molecule has 1 atom stereocenters. The number of aromatic nitrogens is 3. The van der Waals surface area contributed by atoms with E-state index in [1.807, 2.05) is 23.1 Å². The van der Waals surface area contributed by atoms with Gasteiger partial charge in [-0.3, -0.25) is 9.78 Å². The SMILES string of the molecule is CC(C)C[C@H](O)C1CCN(C(=O)c2cnc(-c3ccccn3)nc2)CC1. The van der Waals surface area contributed by atoms with Gasteiger partial charge in [-0.15, -0.1) is 0 Å². The van der Waals surface area contributed by atoms with Crippen LogP contribution < -0.4 is 0 Å². The predicted molar refractivity (Wildman–Crippen MR) is 99.4 cm³/mol. The Balaban J connectivity index is 1.59. The molecule has 2 aromatic heterocycles. The lowest BCUT2D eigenvalue weighted by molar-refractivity contribution is 0.0385. The Labute approximate surface area is 154 Å². The second-order valence-corrected chi connectivity index (χ2v) is 7.34. The van der Waals surface area contributed by atoms with Crippen LogP contribution in [0.25, 0.3) is 11.5 Å². The number of carbonyl (C=O) groups is 1. The summed E-state index contributed by atoms with van der Waals surface area (Å²) in [5.74, 6) is 1.23. The first-order valence-corrected chi connectivity index (χ1v) is 9.25. The standard InChI is InChI=1S/C20H26N4O2/c1-14(2)11-18(25)15-6-9-24(10-7-15)20(26)16-12-22-19(23-13-16)17-5-3-4-8-21-17/h3-5,8,12-15,18,25H,6-7,9-11H2,1-2H3/t18-/m0/s1. The summed E-state index contributed by atoms with van der Waals surface area (Å²) >= 11 is 0. The summed E-state index contributed by atoms with van der Waals surface area (Å²) in [5.41, 5.74) is 1.18. The summed E-state index contributed by atoms with van der Waals surface area (Å²) in [6.45, 7) is 5.58. The third-order valence-electron chi connectivity index (χ3n) is 4.88. The molecule has 0 unspecified atom stereocenters. The van der Waals surface area contributed by atoms with Crippen LogP contribution in [0.15, 0.2) is 36.8 Å². The lowest BCUT2D eigenvalue weighted by atomic mass is 9.87. The van der Waals surface area contributed by atoms with Gasteiger partial charge in [0.2, 0.25) is 0 Å². The van der Waals surface area contributed by atoms with Gasteiger partial charge in [0.25, 0.3) is 5.91 Å². The van der Waals surface area contributed by atoms with Crippen molar-refractivity contribution in [3.63, 3.8) is 0 Å².